The van der Waals surface area contributed by atoms with Crippen molar-refractivity contribution in [2.45, 2.75) is 64.0 Å². The zero-order chi connectivity index (χ0) is 13.1. The van der Waals surface area contributed by atoms with Crippen molar-refractivity contribution in [2.75, 3.05) is 0 Å². The van der Waals surface area contributed by atoms with E-state index in [1.54, 1.807) is 11.8 Å². The molecule has 18 heavy (non-hydrogen) atoms. The number of hydrogen-bond donors (Lipinski definition) is 1. The maximum atomic E-state index is 11.3. The van der Waals surface area contributed by atoms with Gasteiger partial charge in [0.15, 0.2) is 0 Å². The Labute approximate surface area is 108 Å². The summed E-state index contributed by atoms with van der Waals surface area (Å²) in [4.78, 5) is 23.9. The van der Waals surface area contributed by atoms with Gasteiger partial charge in [0.05, 0.1) is 0 Å². The monoisotopic (exact) mass is 253 g/mol. The molecule has 2 fully saturated rings. The Morgan fingerprint density at radius 2 is 1.89 bits per heavy atom. The minimum absolute atomic E-state index is 0.146. The van der Waals surface area contributed by atoms with E-state index in [1.807, 2.05) is 0 Å². The molecule has 0 saturated heterocycles. The summed E-state index contributed by atoms with van der Waals surface area (Å²) in [5.41, 5.74) is 0. The Morgan fingerprint density at radius 3 is 2.56 bits per heavy atom. The quantitative estimate of drug-likeness (QED) is 0.782. The number of carbonyl (C=O) groups is 2. The molecule has 0 heterocycles. The maximum Gasteiger partial charge on any atom is 0.326 e. The fraction of sp³-hybridized carbons (Fsp3) is 0.857. The molecular weight excluding hydrogens is 230 g/mol. The summed E-state index contributed by atoms with van der Waals surface area (Å²) in [6.45, 7) is 1.61. The molecule has 0 aliphatic heterocycles. The van der Waals surface area contributed by atoms with E-state index in [2.05, 4.69) is 0 Å². The maximum absolute atomic E-state index is 11.3. The van der Waals surface area contributed by atoms with Crippen LogP contribution in [0.15, 0.2) is 0 Å². The Morgan fingerprint density at radius 1 is 1.22 bits per heavy atom. The highest BCUT2D eigenvalue weighted by Gasteiger charge is 2.39. The summed E-state index contributed by atoms with van der Waals surface area (Å²) in [6, 6.07) is -0.555. The number of hydrogen-bond acceptors (Lipinski definition) is 2. The van der Waals surface area contributed by atoms with Crippen LogP contribution in [0.2, 0.25) is 0 Å². The first-order valence-corrected chi connectivity index (χ1v) is 7.10. The van der Waals surface area contributed by atoms with Crippen LogP contribution < -0.4 is 0 Å². The third-order valence-corrected chi connectivity index (χ3v) is 4.85. The molecule has 2 aliphatic rings. The average Bonchev–Trinajstić information content (AvgIpc) is 2.39. The molecule has 0 bridgehead atoms. The second-order valence-corrected chi connectivity index (χ2v) is 5.77. The first kappa shape index (κ1) is 13.4. The Hall–Kier alpha value is -1.06. The second-order valence-electron chi connectivity index (χ2n) is 5.77. The lowest BCUT2D eigenvalue weighted by Crippen LogP contribution is -2.51. The van der Waals surface area contributed by atoms with Crippen LogP contribution >= 0.6 is 0 Å². The molecule has 0 spiro atoms. The van der Waals surface area contributed by atoms with Crippen molar-refractivity contribution in [3.05, 3.63) is 0 Å². The van der Waals surface area contributed by atoms with Gasteiger partial charge in [-0.2, -0.15) is 0 Å². The van der Waals surface area contributed by atoms with Gasteiger partial charge in [-0.1, -0.05) is 32.1 Å². The smallest absolute Gasteiger partial charge is 0.326 e. The zero-order valence-electron chi connectivity index (χ0n) is 11.0. The summed E-state index contributed by atoms with van der Waals surface area (Å²) >= 11 is 0. The molecular formula is C14H23NO3. The van der Waals surface area contributed by atoms with Gasteiger partial charge in [0.2, 0.25) is 6.41 Å². The summed E-state index contributed by atoms with van der Waals surface area (Å²) in [5.74, 6) is 0.334. The van der Waals surface area contributed by atoms with Crippen molar-refractivity contribution in [3.63, 3.8) is 0 Å². The van der Waals surface area contributed by atoms with Crippen LogP contribution in [0.4, 0.5) is 0 Å². The Kier molecular flexibility index (Phi) is 4.25. The van der Waals surface area contributed by atoms with E-state index in [0.29, 0.717) is 11.8 Å². The summed E-state index contributed by atoms with van der Waals surface area (Å²) in [5, 5.41) is 9.11. The first-order valence-electron chi connectivity index (χ1n) is 7.10. The van der Waals surface area contributed by atoms with E-state index in [4.69, 9.17) is 5.11 Å². The lowest BCUT2D eigenvalue weighted by Gasteiger charge is -2.46. The number of fused-ring (bicyclic) bond motifs is 1. The second kappa shape index (κ2) is 5.72. The molecule has 4 nitrogen and oxygen atoms in total. The normalized spacial score (nSPS) is 33.3. The number of nitrogens with zero attached hydrogens (tertiary/aromatic N) is 1. The van der Waals surface area contributed by atoms with E-state index in [1.165, 1.54) is 25.7 Å². The fourth-order valence-electron chi connectivity index (χ4n) is 3.86. The number of rotatable bonds is 4. The SMILES string of the molecule is CC(C(=O)O)N(C=O)C1CCCC2CCCCC21. The number of aliphatic carboxylic acids is 1. The predicted molar refractivity (Wildman–Crippen MR) is 68.1 cm³/mol. The molecule has 2 saturated carbocycles. The number of amides is 1. The minimum atomic E-state index is -0.903. The topological polar surface area (TPSA) is 57.6 Å². The molecule has 0 aromatic carbocycles. The van der Waals surface area contributed by atoms with Crippen molar-refractivity contribution >= 4 is 12.4 Å². The highest BCUT2D eigenvalue weighted by molar-refractivity contribution is 5.75. The number of carboxylic acid groups (broad SMARTS) is 1. The third kappa shape index (κ3) is 2.52. The van der Waals surface area contributed by atoms with Crippen molar-refractivity contribution in [2.24, 2.45) is 11.8 Å². The van der Waals surface area contributed by atoms with E-state index < -0.39 is 12.0 Å². The van der Waals surface area contributed by atoms with E-state index in [0.717, 1.165) is 25.7 Å². The van der Waals surface area contributed by atoms with Gasteiger partial charge < -0.3 is 10.0 Å². The van der Waals surface area contributed by atoms with Gasteiger partial charge in [0.1, 0.15) is 6.04 Å². The molecule has 0 radical (unpaired) electrons. The van der Waals surface area contributed by atoms with Gasteiger partial charge in [-0.3, -0.25) is 4.79 Å². The molecule has 4 unspecified atom stereocenters. The Balaban J connectivity index is 2.13. The summed E-state index contributed by atoms with van der Waals surface area (Å²) < 4.78 is 0. The molecule has 2 rings (SSSR count). The molecule has 0 aromatic rings. The van der Waals surface area contributed by atoms with E-state index in [9.17, 15) is 9.59 Å². The Bertz CT molecular complexity index is 316. The van der Waals surface area contributed by atoms with Crippen molar-refractivity contribution in [3.8, 4) is 0 Å². The molecule has 0 aromatic heterocycles. The predicted octanol–water partition coefficient (Wildman–Crippen LogP) is 2.28. The third-order valence-electron chi connectivity index (χ3n) is 4.85. The largest absolute Gasteiger partial charge is 0.480 e. The number of carbonyl (C=O) groups excluding carboxylic acids is 1. The van der Waals surface area contributed by atoms with Gasteiger partial charge >= 0.3 is 5.97 Å². The molecule has 4 heteroatoms. The zero-order valence-corrected chi connectivity index (χ0v) is 11.0. The molecule has 1 amide bonds. The average molecular weight is 253 g/mol. The van der Waals surface area contributed by atoms with Crippen LogP contribution in [0.1, 0.15) is 51.9 Å². The van der Waals surface area contributed by atoms with Gasteiger partial charge in [-0.05, 0) is 31.6 Å². The summed E-state index contributed by atoms with van der Waals surface area (Å²) in [6.07, 6.45) is 9.05. The fourth-order valence-corrected chi connectivity index (χ4v) is 3.86. The van der Waals surface area contributed by atoms with Crippen LogP contribution in [0.5, 0.6) is 0 Å². The van der Waals surface area contributed by atoms with Gasteiger partial charge in [0, 0.05) is 6.04 Å². The van der Waals surface area contributed by atoms with Crippen molar-refractivity contribution in [1.82, 2.24) is 4.90 Å². The molecule has 4 atom stereocenters. The first-order chi connectivity index (χ1) is 8.65. The number of carboxylic acids is 1. The van der Waals surface area contributed by atoms with Crippen LogP contribution in [-0.2, 0) is 9.59 Å². The van der Waals surface area contributed by atoms with Gasteiger partial charge in [-0.15, -0.1) is 0 Å². The van der Waals surface area contributed by atoms with E-state index >= 15 is 0 Å². The van der Waals surface area contributed by atoms with Gasteiger partial charge in [0.25, 0.3) is 0 Å². The van der Waals surface area contributed by atoms with Crippen LogP contribution in [0, 0.1) is 11.8 Å². The lowest BCUT2D eigenvalue weighted by molar-refractivity contribution is -0.149. The summed E-state index contributed by atoms with van der Waals surface area (Å²) in [7, 11) is 0. The molecule has 2 aliphatic carbocycles. The van der Waals surface area contributed by atoms with Crippen LogP contribution in [0.25, 0.3) is 0 Å². The standard InChI is InChI=1S/C14H23NO3/c1-10(14(17)18)15(9-16)13-8-4-6-11-5-2-3-7-12(11)13/h9-13H,2-8H2,1H3,(H,17,18). The van der Waals surface area contributed by atoms with Crippen molar-refractivity contribution in [1.29, 1.82) is 0 Å². The highest BCUT2D eigenvalue weighted by Crippen LogP contribution is 2.42. The van der Waals surface area contributed by atoms with Crippen LogP contribution in [0.3, 0.4) is 0 Å². The molecule has 102 valence electrons. The van der Waals surface area contributed by atoms with Crippen LogP contribution in [-0.4, -0.2) is 34.5 Å². The molecule has 1 N–H and O–H groups in total. The van der Waals surface area contributed by atoms with Gasteiger partial charge in [-0.25, -0.2) is 4.79 Å². The lowest BCUT2D eigenvalue weighted by atomic mass is 9.68. The highest BCUT2D eigenvalue weighted by atomic mass is 16.4. The minimum Gasteiger partial charge on any atom is -0.480 e. The van der Waals surface area contributed by atoms with Crippen molar-refractivity contribution < 1.29 is 14.7 Å². The van der Waals surface area contributed by atoms with E-state index in [-0.39, 0.29) is 6.04 Å².